The van der Waals surface area contributed by atoms with Gasteiger partial charge in [0.1, 0.15) is 11.5 Å². The molecule has 1 aromatic rings. The van der Waals surface area contributed by atoms with Crippen LogP contribution in [-0.2, 0) is 9.84 Å². The minimum atomic E-state index is -3.16. The van der Waals surface area contributed by atoms with Gasteiger partial charge >= 0.3 is 0 Å². The van der Waals surface area contributed by atoms with Gasteiger partial charge in [-0.2, -0.15) is 0 Å². The molecule has 10 heteroatoms. The van der Waals surface area contributed by atoms with Crippen LogP contribution in [0.15, 0.2) is 35.3 Å². The van der Waals surface area contributed by atoms with Gasteiger partial charge in [-0.3, -0.25) is 4.79 Å². The largest absolute Gasteiger partial charge is 0.508 e. The number of ether oxygens (including phenoxy) is 3. The number of nitrogens with one attached hydrogen (secondary N) is 1. The van der Waals surface area contributed by atoms with Gasteiger partial charge in [-0.15, -0.1) is 0 Å². The van der Waals surface area contributed by atoms with Crippen molar-refractivity contribution < 1.29 is 37.6 Å². The number of aliphatic hydroxyl groups is 2. The molecule has 9 nitrogen and oxygen atoms in total. The maximum absolute atomic E-state index is 13.0. The van der Waals surface area contributed by atoms with Crippen LogP contribution in [0.2, 0.25) is 0 Å². The third kappa shape index (κ3) is 4.00. The standard InChI is InChI=1S/C20H23NO8S/c1-3-14(22)13(16(24)11-21)10-15(23)12-4-5-17(27-2)19-18(12)28-20(29-19)6-8-30(25,26)9-7-20/h3-5,11,21-22,24H,6-10H2,1-2H3/b14-3+,16-13+,21-11?. The number of carbonyl (C=O) groups excluding carboxylic acids is 1. The number of benzene rings is 1. The first-order valence-corrected chi connectivity index (χ1v) is 11.1. The Kier molecular flexibility index (Phi) is 5.80. The number of fused-ring (bicyclic) bond motifs is 1. The fraction of sp³-hybridized carbons (Fsp3) is 0.400. The SMILES string of the molecule is C/C=C(O)\C(CC(=O)c1ccc(OC)c2c1OC1(CCS(=O)(=O)CC1)O2)=C(\O)C=N. The van der Waals surface area contributed by atoms with E-state index < -0.39 is 27.2 Å². The Hall–Kier alpha value is -3.01. The highest BCUT2D eigenvalue weighted by molar-refractivity contribution is 7.91. The highest BCUT2D eigenvalue weighted by Gasteiger charge is 2.48. The third-order valence-corrected chi connectivity index (χ3v) is 6.78. The maximum atomic E-state index is 13.0. The summed E-state index contributed by atoms with van der Waals surface area (Å²) in [5.74, 6) is -2.05. The Morgan fingerprint density at radius 2 is 1.87 bits per heavy atom. The lowest BCUT2D eigenvalue weighted by atomic mass is 9.99. The van der Waals surface area contributed by atoms with Gasteiger partial charge in [0, 0.05) is 24.8 Å². The van der Waals surface area contributed by atoms with Crippen LogP contribution in [0.3, 0.4) is 0 Å². The van der Waals surface area contributed by atoms with Crippen LogP contribution in [0.4, 0.5) is 0 Å². The first-order chi connectivity index (χ1) is 14.1. The van der Waals surface area contributed by atoms with E-state index in [1.807, 2.05) is 0 Å². The van der Waals surface area contributed by atoms with Crippen LogP contribution in [0, 0.1) is 5.41 Å². The fourth-order valence-corrected chi connectivity index (χ4v) is 4.85. The van der Waals surface area contributed by atoms with E-state index in [9.17, 15) is 23.4 Å². The molecule has 0 aliphatic carbocycles. The molecule has 0 unspecified atom stereocenters. The van der Waals surface area contributed by atoms with Gasteiger partial charge in [0.25, 0.3) is 5.79 Å². The number of ketones is 1. The Labute approximate surface area is 174 Å². The van der Waals surface area contributed by atoms with Crippen molar-refractivity contribution >= 4 is 21.8 Å². The zero-order valence-electron chi connectivity index (χ0n) is 16.6. The van der Waals surface area contributed by atoms with Crippen LogP contribution >= 0.6 is 0 Å². The number of Topliss-reactive ketones (excluding diaryl/α,β-unsaturated/α-hetero) is 1. The molecule has 1 fully saturated rings. The Bertz CT molecular complexity index is 1040. The van der Waals surface area contributed by atoms with Crippen LogP contribution in [0.25, 0.3) is 0 Å². The molecule has 1 aromatic carbocycles. The summed E-state index contributed by atoms with van der Waals surface area (Å²) in [6, 6.07) is 3.01. The van der Waals surface area contributed by atoms with E-state index >= 15 is 0 Å². The average molecular weight is 437 g/mol. The van der Waals surface area contributed by atoms with E-state index in [0.717, 1.165) is 0 Å². The molecule has 0 atom stereocenters. The summed E-state index contributed by atoms with van der Waals surface area (Å²) in [7, 11) is -1.73. The second-order valence-corrected chi connectivity index (χ2v) is 9.33. The van der Waals surface area contributed by atoms with Gasteiger partial charge in [-0.1, -0.05) is 0 Å². The van der Waals surface area contributed by atoms with Crippen LogP contribution in [0.5, 0.6) is 17.2 Å². The number of allylic oxidation sites excluding steroid dienone is 3. The Balaban J connectivity index is 1.97. The smallest absolute Gasteiger partial charge is 0.253 e. The first-order valence-electron chi connectivity index (χ1n) is 9.26. The molecular formula is C20H23NO8S. The quantitative estimate of drug-likeness (QED) is 0.267. The summed E-state index contributed by atoms with van der Waals surface area (Å²) in [5, 5.41) is 27.1. The van der Waals surface area contributed by atoms with Crippen molar-refractivity contribution in [3.8, 4) is 17.2 Å². The molecule has 2 aliphatic heterocycles. The Morgan fingerprint density at radius 1 is 1.23 bits per heavy atom. The number of aliphatic hydroxyl groups excluding tert-OH is 2. The molecule has 0 radical (unpaired) electrons. The van der Waals surface area contributed by atoms with Gasteiger partial charge in [0.2, 0.25) is 5.75 Å². The van der Waals surface area contributed by atoms with Gasteiger partial charge in [-0.05, 0) is 25.1 Å². The lowest BCUT2D eigenvalue weighted by Crippen LogP contribution is -2.46. The summed E-state index contributed by atoms with van der Waals surface area (Å²) in [5.41, 5.74) is 0.0368. The van der Waals surface area contributed by atoms with Gasteiger partial charge in [-0.25, -0.2) is 8.42 Å². The van der Waals surface area contributed by atoms with Gasteiger partial charge in [0.15, 0.2) is 27.1 Å². The lowest BCUT2D eigenvalue weighted by Gasteiger charge is -2.31. The molecule has 1 spiro atoms. The topological polar surface area (TPSA) is 143 Å². The zero-order chi connectivity index (χ0) is 22.1. The molecule has 162 valence electrons. The number of hydrogen-bond acceptors (Lipinski definition) is 9. The number of hydrogen-bond donors (Lipinski definition) is 3. The third-order valence-electron chi connectivity index (χ3n) is 5.13. The van der Waals surface area contributed by atoms with Gasteiger partial charge < -0.3 is 29.8 Å². The Morgan fingerprint density at radius 3 is 2.43 bits per heavy atom. The molecule has 2 heterocycles. The van der Waals surface area contributed by atoms with Crippen LogP contribution < -0.4 is 14.2 Å². The van der Waals surface area contributed by atoms with E-state index in [4.69, 9.17) is 19.6 Å². The number of sulfone groups is 1. The monoisotopic (exact) mass is 437 g/mol. The van der Waals surface area contributed by atoms with Crippen molar-refractivity contribution in [3.63, 3.8) is 0 Å². The summed E-state index contributed by atoms with van der Waals surface area (Å²) in [4.78, 5) is 13.0. The minimum Gasteiger partial charge on any atom is -0.508 e. The summed E-state index contributed by atoms with van der Waals surface area (Å²) in [6.45, 7) is 1.53. The molecule has 3 N–H and O–H groups in total. The van der Waals surface area contributed by atoms with Crippen molar-refractivity contribution in [2.75, 3.05) is 18.6 Å². The normalized spacial score (nSPS) is 19.9. The zero-order valence-corrected chi connectivity index (χ0v) is 17.4. The average Bonchev–Trinajstić information content (AvgIpc) is 3.12. The summed E-state index contributed by atoms with van der Waals surface area (Å²) in [6.07, 6.45) is 1.77. The van der Waals surface area contributed by atoms with Crippen molar-refractivity contribution in [2.24, 2.45) is 0 Å². The molecule has 1 saturated heterocycles. The highest BCUT2D eigenvalue weighted by atomic mass is 32.2. The molecule has 2 aliphatic rings. The highest BCUT2D eigenvalue weighted by Crippen LogP contribution is 2.51. The van der Waals surface area contributed by atoms with E-state index in [-0.39, 0.29) is 59.2 Å². The summed E-state index contributed by atoms with van der Waals surface area (Å²) < 4.78 is 40.9. The second kappa shape index (κ2) is 8.02. The molecule has 0 aromatic heterocycles. The van der Waals surface area contributed by atoms with Crippen molar-refractivity contribution in [2.45, 2.75) is 32.0 Å². The lowest BCUT2D eigenvalue weighted by molar-refractivity contribution is -0.0863. The van der Waals surface area contributed by atoms with Gasteiger partial charge in [0.05, 0.1) is 30.4 Å². The van der Waals surface area contributed by atoms with E-state index in [1.165, 1.54) is 32.2 Å². The van der Waals surface area contributed by atoms with E-state index in [1.54, 1.807) is 0 Å². The molecule has 30 heavy (non-hydrogen) atoms. The molecule has 3 rings (SSSR count). The van der Waals surface area contributed by atoms with Crippen molar-refractivity contribution in [1.29, 1.82) is 5.41 Å². The summed E-state index contributed by atoms with van der Waals surface area (Å²) >= 11 is 0. The number of carbonyl (C=O) groups is 1. The molecular weight excluding hydrogens is 414 g/mol. The fourth-order valence-electron chi connectivity index (χ4n) is 3.40. The first kappa shape index (κ1) is 21.7. The van der Waals surface area contributed by atoms with Crippen LogP contribution in [0.1, 0.15) is 36.5 Å². The van der Waals surface area contributed by atoms with Crippen molar-refractivity contribution in [1.82, 2.24) is 0 Å². The molecule has 0 saturated carbocycles. The molecule has 0 bridgehead atoms. The predicted octanol–water partition coefficient (Wildman–Crippen LogP) is 2.87. The number of rotatable bonds is 6. The predicted molar refractivity (Wildman–Crippen MR) is 109 cm³/mol. The van der Waals surface area contributed by atoms with Crippen LogP contribution in [-0.4, -0.2) is 55.0 Å². The second-order valence-electron chi connectivity index (χ2n) is 7.02. The number of methoxy groups -OCH3 is 1. The van der Waals surface area contributed by atoms with Crippen molar-refractivity contribution in [3.05, 3.63) is 40.9 Å². The minimum absolute atomic E-state index is 0.0954. The molecule has 0 amide bonds. The maximum Gasteiger partial charge on any atom is 0.253 e. The van der Waals surface area contributed by atoms with E-state index in [2.05, 4.69) is 0 Å². The van der Waals surface area contributed by atoms with E-state index in [0.29, 0.717) is 12.0 Å².